The predicted molar refractivity (Wildman–Crippen MR) is 111 cm³/mol. The molecule has 1 fully saturated rings. The highest BCUT2D eigenvalue weighted by Gasteiger charge is 2.23. The zero-order valence-electron chi connectivity index (χ0n) is 16.1. The maximum absolute atomic E-state index is 12.7. The quantitative estimate of drug-likeness (QED) is 0.759. The number of hydrogen-bond acceptors (Lipinski definition) is 3. The molecule has 1 amide bonds. The van der Waals surface area contributed by atoms with Crippen molar-refractivity contribution in [1.29, 1.82) is 0 Å². The monoisotopic (exact) mass is 385 g/mol. The van der Waals surface area contributed by atoms with E-state index in [-0.39, 0.29) is 11.9 Å². The number of nitrogens with zero attached hydrogens (tertiary/aromatic N) is 3. The topological polar surface area (TPSA) is 26.8 Å². The number of carbonyl (C=O) groups excluding carboxylic acids is 1. The highest BCUT2D eigenvalue weighted by Crippen LogP contribution is 2.19. The van der Waals surface area contributed by atoms with E-state index in [9.17, 15) is 4.79 Å². The zero-order chi connectivity index (χ0) is 19.2. The molecule has 4 nitrogen and oxygen atoms in total. The van der Waals surface area contributed by atoms with Gasteiger partial charge in [-0.15, -0.1) is 0 Å². The summed E-state index contributed by atoms with van der Waals surface area (Å²) in [5.41, 5.74) is 2.45. The molecule has 0 N–H and O–H groups in total. The number of amides is 1. The van der Waals surface area contributed by atoms with Gasteiger partial charge in [0.05, 0.1) is 12.6 Å². The molecule has 0 radical (unpaired) electrons. The van der Waals surface area contributed by atoms with Crippen LogP contribution in [0.25, 0.3) is 0 Å². The summed E-state index contributed by atoms with van der Waals surface area (Å²) in [6.07, 6.45) is 0. The van der Waals surface area contributed by atoms with Gasteiger partial charge in [-0.1, -0.05) is 54.1 Å². The van der Waals surface area contributed by atoms with Crippen molar-refractivity contribution in [3.63, 3.8) is 0 Å². The number of halogens is 1. The van der Waals surface area contributed by atoms with Crippen LogP contribution in [-0.2, 0) is 11.3 Å². The second kappa shape index (κ2) is 9.36. The van der Waals surface area contributed by atoms with Crippen LogP contribution in [0.3, 0.4) is 0 Å². The number of piperazine rings is 1. The lowest BCUT2D eigenvalue weighted by Crippen LogP contribution is -2.49. The summed E-state index contributed by atoms with van der Waals surface area (Å²) in [7, 11) is 1.90. The lowest BCUT2D eigenvalue weighted by Gasteiger charge is -2.35. The second-order valence-corrected chi connectivity index (χ2v) is 7.71. The first-order chi connectivity index (χ1) is 13.0. The van der Waals surface area contributed by atoms with Gasteiger partial charge in [-0.2, -0.15) is 0 Å². The van der Waals surface area contributed by atoms with Gasteiger partial charge in [0.15, 0.2) is 0 Å². The molecule has 144 valence electrons. The van der Waals surface area contributed by atoms with E-state index in [1.807, 2.05) is 42.3 Å². The second-order valence-electron chi connectivity index (χ2n) is 7.27. The van der Waals surface area contributed by atoms with Crippen molar-refractivity contribution in [2.45, 2.75) is 19.5 Å². The molecule has 1 aliphatic heterocycles. The van der Waals surface area contributed by atoms with Gasteiger partial charge >= 0.3 is 0 Å². The fourth-order valence-electron chi connectivity index (χ4n) is 3.43. The third-order valence-electron chi connectivity index (χ3n) is 5.40. The number of rotatable bonds is 6. The summed E-state index contributed by atoms with van der Waals surface area (Å²) in [6, 6.07) is 18.3. The number of carbonyl (C=O) groups is 1. The molecule has 5 heteroatoms. The molecule has 2 aromatic carbocycles. The summed E-state index contributed by atoms with van der Waals surface area (Å²) in [6.45, 7) is 7.31. The SMILES string of the molecule is CC(c1ccccc1)N(C)C(=O)CN1CCN(Cc2ccc(Cl)cc2)CC1. The fourth-order valence-corrected chi connectivity index (χ4v) is 3.55. The van der Waals surface area contributed by atoms with Crippen molar-refractivity contribution in [3.05, 3.63) is 70.7 Å². The zero-order valence-corrected chi connectivity index (χ0v) is 16.9. The molecule has 0 saturated carbocycles. The van der Waals surface area contributed by atoms with Gasteiger partial charge in [0.2, 0.25) is 5.91 Å². The van der Waals surface area contributed by atoms with Crippen molar-refractivity contribution < 1.29 is 4.79 Å². The van der Waals surface area contributed by atoms with E-state index >= 15 is 0 Å². The van der Waals surface area contributed by atoms with Gasteiger partial charge in [-0.3, -0.25) is 14.6 Å². The Morgan fingerprint density at radius 1 is 1.00 bits per heavy atom. The summed E-state index contributed by atoms with van der Waals surface area (Å²) in [5, 5.41) is 0.774. The van der Waals surface area contributed by atoms with Crippen molar-refractivity contribution in [2.75, 3.05) is 39.8 Å². The van der Waals surface area contributed by atoms with Crippen molar-refractivity contribution in [1.82, 2.24) is 14.7 Å². The number of benzene rings is 2. The molecular weight excluding hydrogens is 358 g/mol. The van der Waals surface area contributed by atoms with Crippen molar-refractivity contribution >= 4 is 17.5 Å². The molecule has 0 aliphatic carbocycles. The van der Waals surface area contributed by atoms with Crippen LogP contribution in [0.1, 0.15) is 24.1 Å². The fraction of sp³-hybridized carbons (Fsp3) is 0.409. The molecule has 1 heterocycles. The van der Waals surface area contributed by atoms with Gasteiger partial charge < -0.3 is 4.90 Å². The average Bonchev–Trinajstić information content (AvgIpc) is 2.70. The Hall–Kier alpha value is -1.88. The highest BCUT2D eigenvalue weighted by atomic mass is 35.5. The first-order valence-corrected chi connectivity index (χ1v) is 9.90. The third-order valence-corrected chi connectivity index (χ3v) is 5.65. The van der Waals surface area contributed by atoms with E-state index in [4.69, 9.17) is 11.6 Å². The lowest BCUT2D eigenvalue weighted by molar-refractivity contribution is -0.133. The molecule has 2 aromatic rings. The molecule has 1 saturated heterocycles. The molecule has 0 aromatic heterocycles. The van der Waals surface area contributed by atoms with Crippen LogP contribution in [-0.4, -0.2) is 60.4 Å². The van der Waals surface area contributed by atoms with Gasteiger partial charge in [-0.25, -0.2) is 0 Å². The molecule has 1 aliphatic rings. The summed E-state index contributed by atoms with van der Waals surface area (Å²) >= 11 is 5.95. The van der Waals surface area contributed by atoms with Gasteiger partial charge in [0.1, 0.15) is 0 Å². The van der Waals surface area contributed by atoms with E-state index in [2.05, 4.69) is 41.0 Å². The summed E-state index contributed by atoms with van der Waals surface area (Å²) in [4.78, 5) is 19.2. The maximum Gasteiger partial charge on any atom is 0.236 e. The van der Waals surface area contributed by atoms with Gasteiger partial charge in [-0.05, 0) is 30.2 Å². The third kappa shape index (κ3) is 5.55. The Morgan fingerprint density at radius 2 is 1.59 bits per heavy atom. The van der Waals surface area contributed by atoms with E-state index in [1.165, 1.54) is 11.1 Å². The van der Waals surface area contributed by atoms with Crippen LogP contribution in [0.2, 0.25) is 5.02 Å². The number of hydrogen-bond donors (Lipinski definition) is 0. The van der Waals surface area contributed by atoms with Gasteiger partial charge in [0.25, 0.3) is 0 Å². The van der Waals surface area contributed by atoms with Crippen LogP contribution >= 0.6 is 11.6 Å². The van der Waals surface area contributed by atoms with Crippen LogP contribution in [0.4, 0.5) is 0 Å². The smallest absolute Gasteiger partial charge is 0.236 e. The molecule has 1 unspecified atom stereocenters. The summed E-state index contributed by atoms with van der Waals surface area (Å²) in [5.74, 6) is 0.178. The maximum atomic E-state index is 12.7. The van der Waals surface area contributed by atoms with Gasteiger partial charge in [0, 0.05) is 44.8 Å². The Labute approximate surface area is 167 Å². The van der Waals surface area contributed by atoms with E-state index < -0.39 is 0 Å². The Bertz CT molecular complexity index is 727. The van der Waals surface area contributed by atoms with E-state index in [1.54, 1.807) is 0 Å². The first-order valence-electron chi connectivity index (χ1n) is 9.52. The number of likely N-dealkylation sites (N-methyl/N-ethyl adjacent to an activating group) is 1. The van der Waals surface area contributed by atoms with E-state index in [0.717, 1.165) is 37.7 Å². The van der Waals surface area contributed by atoms with Crippen LogP contribution < -0.4 is 0 Å². The minimum Gasteiger partial charge on any atom is -0.338 e. The molecule has 0 bridgehead atoms. The molecule has 3 rings (SSSR count). The lowest BCUT2D eigenvalue weighted by atomic mass is 10.1. The van der Waals surface area contributed by atoms with Crippen LogP contribution in [0.15, 0.2) is 54.6 Å². The Morgan fingerprint density at radius 3 is 2.22 bits per heavy atom. The molecule has 1 atom stereocenters. The predicted octanol–water partition coefficient (Wildman–Crippen LogP) is 3.68. The van der Waals surface area contributed by atoms with E-state index in [0.29, 0.717) is 6.54 Å². The normalized spacial score (nSPS) is 16.9. The molecule has 0 spiro atoms. The largest absolute Gasteiger partial charge is 0.338 e. The van der Waals surface area contributed by atoms with Crippen molar-refractivity contribution in [2.24, 2.45) is 0 Å². The summed E-state index contributed by atoms with van der Waals surface area (Å²) < 4.78 is 0. The van der Waals surface area contributed by atoms with Crippen LogP contribution in [0.5, 0.6) is 0 Å². The molecular formula is C22H28ClN3O. The molecule has 27 heavy (non-hydrogen) atoms. The Balaban J connectivity index is 1.45. The average molecular weight is 386 g/mol. The van der Waals surface area contributed by atoms with Crippen molar-refractivity contribution in [3.8, 4) is 0 Å². The minimum absolute atomic E-state index is 0.0879. The Kier molecular flexibility index (Phi) is 6.89. The standard InChI is InChI=1S/C22H28ClN3O/c1-18(20-6-4-3-5-7-20)24(2)22(27)17-26-14-12-25(13-15-26)16-19-8-10-21(23)11-9-19/h3-11,18H,12-17H2,1-2H3. The van der Waals surface area contributed by atoms with Crippen LogP contribution in [0, 0.1) is 0 Å². The first kappa shape index (κ1) is 19.9. The highest BCUT2D eigenvalue weighted by molar-refractivity contribution is 6.30. The minimum atomic E-state index is 0.0879.